The predicted molar refractivity (Wildman–Crippen MR) is 73.6 cm³/mol. The second kappa shape index (κ2) is 5.39. The molecule has 0 aliphatic rings. The molecule has 1 aromatic carbocycles. The van der Waals surface area contributed by atoms with Crippen LogP contribution in [0.25, 0.3) is 11.0 Å². The van der Waals surface area contributed by atoms with Gasteiger partial charge in [-0.3, -0.25) is 5.32 Å². The van der Waals surface area contributed by atoms with E-state index in [1.54, 1.807) is 45.0 Å². The van der Waals surface area contributed by atoms with Gasteiger partial charge in [0, 0.05) is 0 Å². The Hall–Kier alpha value is -2.64. The van der Waals surface area contributed by atoms with Crippen LogP contribution in [0.15, 0.2) is 24.3 Å². The average Bonchev–Trinajstić information content (AvgIpc) is 2.77. The highest BCUT2D eigenvalue weighted by molar-refractivity contribution is 5.81. The number of aliphatic carboxylic acids is 1. The van der Waals surface area contributed by atoms with Gasteiger partial charge in [-0.2, -0.15) is 0 Å². The molecule has 1 atom stereocenters. The zero-order valence-corrected chi connectivity index (χ0v) is 11.9. The summed E-state index contributed by atoms with van der Waals surface area (Å²) in [5.74, 6) is -1.27. The van der Waals surface area contributed by atoms with Crippen LogP contribution in [-0.2, 0) is 9.53 Å². The number of carboxylic acids is 1. The largest absolute Gasteiger partial charge is 0.478 e. The molecule has 112 valence electrons. The van der Waals surface area contributed by atoms with Gasteiger partial charge >= 0.3 is 12.1 Å². The highest BCUT2D eigenvalue weighted by atomic mass is 16.6. The third-order valence-corrected chi connectivity index (χ3v) is 2.51. The molecule has 2 N–H and O–H groups in total. The lowest BCUT2D eigenvalue weighted by Crippen LogP contribution is -2.41. The molecule has 21 heavy (non-hydrogen) atoms. The van der Waals surface area contributed by atoms with Gasteiger partial charge in [0.25, 0.3) is 0 Å². The summed E-state index contributed by atoms with van der Waals surface area (Å²) in [6, 6.07) is 6.86. The van der Waals surface area contributed by atoms with Crippen molar-refractivity contribution in [2.75, 3.05) is 0 Å². The van der Waals surface area contributed by atoms with Crippen molar-refractivity contribution in [3.63, 3.8) is 0 Å². The van der Waals surface area contributed by atoms with Crippen LogP contribution < -0.4 is 5.32 Å². The van der Waals surface area contributed by atoms with Gasteiger partial charge < -0.3 is 9.84 Å². The number of ether oxygens (including phenoxy) is 1. The number of carboxylic acid groups (broad SMARTS) is 1. The van der Waals surface area contributed by atoms with Crippen LogP contribution in [0.1, 0.15) is 26.9 Å². The Balaban J connectivity index is 2.28. The summed E-state index contributed by atoms with van der Waals surface area (Å²) >= 11 is 0. The van der Waals surface area contributed by atoms with Gasteiger partial charge in [-0.15, -0.1) is 5.10 Å². The van der Waals surface area contributed by atoms with Crippen LogP contribution in [0.4, 0.5) is 4.79 Å². The summed E-state index contributed by atoms with van der Waals surface area (Å²) < 4.78 is 6.18. The van der Waals surface area contributed by atoms with Gasteiger partial charge in [0.1, 0.15) is 11.1 Å². The molecule has 1 aromatic heterocycles. The van der Waals surface area contributed by atoms with E-state index in [1.807, 2.05) is 0 Å². The van der Waals surface area contributed by atoms with Crippen molar-refractivity contribution in [3.05, 3.63) is 24.3 Å². The maximum atomic E-state index is 11.7. The fourth-order valence-corrected chi connectivity index (χ4v) is 1.72. The number of benzene rings is 1. The number of hydrogen-bond donors (Lipinski definition) is 2. The van der Waals surface area contributed by atoms with Gasteiger partial charge in [-0.05, 0) is 32.9 Å². The first-order chi connectivity index (χ1) is 9.78. The number of nitrogens with zero attached hydrogens (tertiary/aromatic N) is 3. The Morgan fingerprint density at radius 1 is 1.33 bits per heavy atom. The van der Waals surface area contributed by atoms with Crippen molar-refractivity contribution in [3.8, 4) is 0 Å². The summed E-state index contributed by atoms with van der Waals surface area (Å²) in [7, 11) is 0. The third kappa shape index (κ3) is 3.47. The first-order valence-corrected chi connectivity index (χ1v) is 6.30. The van der Waals surface area contributed by atoms with Crippen LogP contribution in [0.3, 0.4) is 0 Å². The van der Waals surface area contributed by atoms with Crippen LogP contribution in [0, 0.1) is 0 Å². The summed E-state index contributed by atoms with van der Waals surface area (Å²) in [6.07, 6.45) is -2.23. The van der Waals surface area contributed by atoms with Gasteiger partial charge in [0.15, 0.2) is 0 Å². The zero-order valence-electron chi connectivity index (χ0n) is 11.9. The third-order valence-electron chi connectivity index (χ3n) is 2.51. The van der Waals surface area contributed by atoms with Crippen molar-refractivity contribution in [2.45, 2.75) is 32.5 Å². The summed E-state index contributed by atoms with van der Waals surface area (Å²) in [5.41, 5.74) is 0.313. The van der Waals surface area contributed by atoms with E-state index in [0.717, 1.165) is 4.68 Å². The van der Waals surface area contributed by atoms with Gasteiger partial charge in [-0.25, -0.2) is 14.3 Å². The lowest BCUT2D eigenvalue weighted by Gasteiger charge is -2.22. The summed E-state index contributed by atoms with van der Waals surface area (Å²) in [6.45, 7) is 5.06. The van der Waals surface area contributed by atoms with Crippen LogP contribution >= 0.6 is 0 Å². The molecule has 0 fully saturated rings. The number of nitrogens with one attached hydrogen (secondary N) is 1. The van der Waals surface area contributed by atoms with E-state index in [-0.39, 0.29) is 0 Å². The maximum Gasteiger partial charge on any atom is 0.409 e. The van der Waals surface area contributed by atoms with E-state index in [2.05, 4.69) is 15.6 Å². The van der Waals surface area contributed by atoms with Crippen molar-refractivity contribution < 1.29 is 19.4 Å². The van der Waals surface area contributed by atoms with E-state index in [9.17, 15) is 14.7 Å². The molecule has 2 rings (SSSR count). The lowest BCUT2D eigenvalue weighted by molar-refractivity contribution is -0.142. The van der Waals surface area contributed by atoms with Crippen LogP contribution in [0.5, 0.6) is 0 Å². The number of hydrogen-bond acceptors (Lipinski definition) is 5. The number of carbonyl (C=O) groups is 2. The van der Waals surface area contributed by atoms with E-state index < -0.39 is 23.8 Å². The van der Waals surface area contributed by atoms with Crippen LogP contribution in [0.2, 0.25) is 0 Å². The molecule has 0 saturated carbocycles. The first-order valence-electron chi connectivity index (χ1n) is 6.30. The van der Waals surface area contributed by atoms with Gasteiger partial charge in [-0.1, -0.05) is 17.3 Å². The minimum atomic E-state index is -1.40. The number of aromatic nitrogens is 3. The second-order valence-electron chi connectivity index (χ2n) is 5.41. The molecule has 0 aliphatic carbocycles. The zero-order chi connectivity index (χ0) is 15.6. The fourth-order valence-electron chi connectivity index (χ4n) is 1.72. The molecule has 8 nitrogen and oxygen atoms in total. The summed E-state index contributed by atoms with van der Waals surface area (Å²) in [5, 5.41) is 19.2. The number of alkyl carbamates (subject to hydrolysis) is 1. The van der Waals surface area contributed by atoms with Crippen LogP contribution in [-0.4, -0.2) is 37.8 Å². The van der Waals surface area contributed by atoms with Gasteiger partial charge in [0.05, 0.1) is 5.52 Å². The Kier molecular flexibility index (Phi) is 3.79. The van der Waals surface area contributed by atoms with Gasteiger partial charge in [0.2, 0.25) is 6.17 Å². The molecule has 0 bridgehead atoms. The van der Waals surface area contributed by atoms with Crippen molar-refractivity contribution in [1.82, 2.24) is 20.3 Å². The number of para-hydroxylation sites is 1. The fraction of sp³-hybridized carbons (Fsp3) is 0.385. The first kappa shape index (κ1) is 14.8. The maximum absolute atomic E-state index is 11.7. The molecule has 0 saturated heterocycles. The number of fused-ring (bicyclic) bond motifs is 1. The molecule has 0 radical (unpaired) electrons. The topological polar surface area (TPSA) is 106 Å². The minimum absolute atomic E-state index is 0.501. The highest BCUT2D eigenvalue weighted by Crippen LogP contribution is 2.15. The SMILES string of the molecule is CC(C)(C)OC(=O)NC(C(=O)O)n1nnc2ccccc21. The van der Waals surface area contributed by atoms with Crippen molar-refractivity contribution >= 4 is 23.1 Å². The Morgan fingerprint density at radius 3 is 2.62 bits per heavy atom. The summed E-state index contributed by atoms with van der Waals surface area (Å²) in [4.78, 5) is 23.1. The molecule has 2 aromatic rings. The number of carbonyl (C=O) groups excluding carboxylic acids is 1. The van der Waals surface area contributed by atoms with E-state index in [0.29, 0.717) is 11.0 Å². The molecule has 0 spiro atoms. The monoisotopic (exact) mass is 292 g/mol. The quantitative estimate of drug-likeness (QED) is 0.888. The molecular formula is C13H16N4O4. The van der Waals surface area contributed by atoms with E-state index in [1.165, 1.54) is 0 Å². The standard InChI is InChI=1S/C13H16N4O4/c1-13(2,3)21-12(20)14-10(11(18)19)17-9-7-5-4-6-8(9)15-16-17/h4-7,10H,1-3H3,(H,14,20)(H,18,19). The Labute approximate surface area is 120 Å². The normalized spacial score (nSPS) is 12.9. The molecule has 0 aliphatic heterocycles. The lowest BCUT2D eigenvalue weighted by atomic mass is 10.2. The Bertz CT molecular complexity index is 674. The molecule has 8 heteroatoms. The minimum Gasteiger partial charge on any atom is -0.478 e. The van der Waals surface area contributed by atoms with E-state index >= 15 is 0 Å². The Morgan fingerprint density at radius 2 is 2.00 bits per heavy atom. The molecule has 1 amide bonds. The van der Waals surface area contributed by atoms with E-state index in [4.69, 9.17) is 4.74 Å². The highest BCUT2D eigenvalue weighted by Gasteiger charge is 2.27. The van der Waals surface area contributed by atoms with Crippen molar-refractivity contribution in [1.29, 1.82) is 0 Å². The molecular weight excluding hydrogens is 276 g/mol. The molecule has 1 unspecified atom stereocenters. The smallest absolute Gasteiger partial charge is 0.409 e. The van der Waals surface area contributed by atoms with Crippen molar-refractivity contribution in [2.24, 2.45) is 0 Å². The average molecular weight is 292 g/mol. The number of amides is 1. The molecule has 1 heterocycles. The second-order valence-corrected chi connectivity index (χ2v) is 5.41. The predicted octanol–water partition coefficient (Wildman–Crippen LogP) is 1.54. The number of rotatable bonds is 3.